The third-order valence-electron chi connectivity index (χ3n) is 4.58. The van der Waals surface area contributed by atoms with Crippen molar-refractivity contribution in [1.29, 1.82) is 0 Å². The Balaban J connectivity index is 1.54. The van der Waals surface area contributed by atoms with Crippen LogP contribution in [0.15, 0.2) is 43.0 Å². The van der Waals surface area contributed by atoms with Gasteiger partial charge in [-0.05, 0) is 12.0 Å². The van der Waals surface area contributed by atoms with Gasteiger partial charge in [-0.25, -0.2) is 4.98 Å². The molecule has 2 aromatic rings. The van der Waals surface area contributed by atoms with E-state index in [9.17, 15) is 15.0 Å². The Morgan fingerprint density at radius 2 is 2.12 bits per heavy atom. The molecule has 1 saturated heterocycles. The fourth-order valence-corrected chi connectivity index (χ4v) is 3.11. The highest BCUT2D eigenvalue weighted by molar-refractivity contribution is 5.76. The van der Waals surface area contributed by atoms with E-state index in [2.05, 4.69) is 10.1 Å². The molecule has 0 spiro atoms. The maximum absolute atomic E-state index is 12.3. The van der Waals surface area contributed by atoms with E-state index in [4.69, 9.17) is 0 Å². The number of aliphatic hydroxyl groups is 2. The van der Waals surface area contributed by atoms with E-state index < -0.39 is 11.7 Å². The van der Waals surface area contributed by atoms with E-state index in [1.807, 2.05) is 18.2 Å². The Morgan fingerprint density at radius 1 is 1.33 bits per heavy atom. The van der Waals surface area contributed by atoms with E-state index in [1.165, 1.54) is 6.33 Å². The van der Waals surface area contributed by atoms with Crippen LogP contribution in [0.2, 0.25) is 0 Å². The second kappa shape index (κ2) is 7.11. The van der Waals surface area contributed by atoms with Crippen molar-refractivity contribution >= 4 is 5.91 Å². The molecule has 1 aromatic carbocycles. The minimum Gasteiger partial charge on any atom is -0.388 e. The number of β-amino-alcohol motifs (C(OH)–C–C–N with tert-alkyl or cyclic N) is 1. The van der Waals surface area contributed by atoms with Gasteiger partial charge in [0.25, 0.3) is 0 Å². The third-order valence-corrected chi connectivity index (χ3v) is 4.58. The molecule has 2 atom stereocenters. The van der Waals surface area contributed by atoms with Crippen LogP contribution < -0.4 is 0 Å². The lowest BCUT2D eigenvalue weighted by Crippen LogP contribution is -2.55. The molecule has 1 amide bonds. The summed E-state index contributed by atoms with van der Waals surface area (Å²) in [7, 11) is 0. The predicted octanol–water partition coefficient (Wildman–Crippen LogP) is 0.539. The number of piperidine rings is 1. The summed E-state index contributed by atoms with van der Waals surface area (Å²) >= 11 is 0. The van der Waals surface area contributed by atoms with Crippen LogP contribution in [-0.2, 0) is 16.9 Å². The minimum absolute atomic E-state index is 0.00993. The number of benzene rings is 1. The smallest absolute Gasteiger partial charge is 0.222 e. The monoisotopic (exact) mass is 330 g/mol. The highest BCUT2D eigenvalue weighted by Gasteiger charge is 2.42. The molecule has 0 unspecified atom stereocenters. The van der Waals surface area contributed by atoms with Gasteiger partial charge in [0.2, 0.25) is 5.91 Å². The number of amides is 1. The van der Waals surface area contributed by atoms with Gasteiger partial charge < -0.3 is 15.1 Å². The number of aryl methyl sites for hydroxylation is 1. The molecular formula is C17H22N4O3. The van der Waals surface area contributed by atoms with Crippen LogP contribution in [0.3, 0.4) is 0 Å². The van der Waals surface area contributed by atoms with Gasteiger partial charge in [0.15, 0.2) is 0 Å². The van der Waals surface area contributed by atoms with Crippen LogP contribution in [-0.4, -0.2) is 55.0 Å². The second-order valence-corrected chi connectivity index (χ2v) is 6.16. The van der Waals surface area contributed by atoms with Gasteiger partial charge in [0.1, 0.15) is 24.4 Å². The van der Waals surface area contributed by atoms with Crippen LogP contribution in [0.1, 0.15) is 24.8 Å². The lowest BCUT2D eigenvalue weighted by molar-refractivity contribution is -0.151. The molecule has 0 bridgehead atoms. The summed E-state index contributed by atoms with van der Waals surface area (Å²) in [5.41, 5.74) is -0.602. The Labute approximate surface area is 140 Å². The first-order valence-electron chi connectivity index (χ1n) is 8.16. The van der Waals surface area contributed by atoms with Crippen molar-refractivity contribution in [1.82, 2.24) is 19.7 Å². The first-order valence-corrected chi connectivity index (χ1v) is 8.16. The Hall–Kier alpha value is -2.25. The van der Waals surface area contributed by atoms with Crippen molar-refractivity contribution < 1.29 is 15.0 Å². The molecule has 3 rings (SSSR count). The summed E-state index contributed by atoms with van der Waals surface area (Å²) in [6, 6.07) is 9.15. The molecule has 0 aliphatic carbocycles. The molecule has 2 N–H and O–H groups in total. The number of carbonyl (C=O) groups is 1. The fourth-order valence-electron chi connectivity index (χ4n) is 3.11. The summed E-state index contributed by atoms with van der Waals surface area (Å²) in [6.45, 7) is 1.22. The van der Waals surface area contributed by atoms with Gasteiger partial charge >= 0.3 is 0 Å². The predicted molar refractivity (Wildman–Crippen MR) is 86.8 cm³/mol. The number of likely N-dealkylation sites (tertiary alicyclic amines) is 1. The fraction of sp³-hybridized carbons (Fsp3) is 0.471. The van der Waals surface area contributed by atoms with Crippen LogP contribution >= 0.6 is 0 Å². The molecule has 1 aliphatic rings. The van der Waals surface area contributed by atoms with E-state index >= 15 is 0 Å². The van der Waals surface area contributed by atoms with Crippen LogP contribution in [0.25, 0.3) is 0 Å². The van der Waals surface area contributed by atoms with Crippen molar-refractivity contribution in [2.75, 3.05) is 13.1 Å². The Kier molecular flexibility index (Phi) is 4.92. The van der Waals surface area contributed by atoms with Crippen LogP contribution in [0.4, 0.5) is 0 Å². The SMILES string of the molecule is O=C(CCCn1cncn1)N1CC[C@](O)(c2ccccc2)[C@@H](O)C1. The van der Waals surface area contributed by atoms with Crippen molar-refractivity contribution in [2.45, 2.75) is 37.5 Å². The largest absolute Gasteiger partial charge is 0.388 e. The number of rotatable bonds is 5. The molecule has 2 heterocycles. The van der Waals surface area contributed by atoms with E-state index in [0.717, 1.165) is 0 Å². The number of nitrogens with zero attached hydrogens (tertiary/aromatic N) is 4. The van der Waals surface area contributed by atoms with Gasteiger partial charge in [-0.1, -0.05) is 30.3 Å². The highest BCUT2D eigenvalue weighted by Crippen LogP contribution is 2.33. The average molecular weight is 330 g/mol. The molecule has 7 nitrogen and oxygen atoms in total. The summed E-state index contributed by atoms with van der Waals surface area (Å²) in [6.07, 6.45) is 3.47. The van der Waals surface area contributed by atoms with Gasteiger partial charge in [0.05, 0.1) is 0 Å². The average Bonchev–Trinajstić information content (AvgIpc) is 3.11. The van der Waals surface area contributed by atoms with Gasteiger partial charge in [-0.3, -0.25) is 9.48 Å². The summed E-state index contributed by atoms with van der Waals surface area (Å²) in [5.74, 6) is -0.00993. The molecule has 0 saturated carbocycles. The van der Waals surface area contributed by atoms with E-state index in [1.54, 1.807) is 28.0 Å². The molecule has 0 radical (unpaired) electrons. The lowest BCUT2D eigenvalue weighted by atomic mass is 9.82. The van der Waals surface area contributed by atoms with Gasteiger partial charge in [-0.15, -0.1) is 0 Å². The summed E-state index contributed by atoms with van der Waals surface area (Å²) in [4.78, 5) is 17.8. The highest BCUT2D eigenvalue weighted by atomic mass is 16.3. The number of hydrogen-bond acceptors (Lipinski definition) is 5. The molecule has 1 aromatic heterocycles. The quantitative estimate of drug-likeness (QED) is 0.835. The molecular weight excluding hydrogens is 308 g/mol. The molecule has 24 heavy (non-hydrogen) atoms. The Morgan fingerprint density at radius 3 is 2.79 bits per heavy atom. The lowest BCUT2D eigenvalue weighted by Gasteiger charge is -2.42. The zero-order valence-electron chi connectivity index (χ0n) is 13.5. The minimum atomic E-state index is -1.29. The van der Waals surface area contributed by atoms with Gasteiger partial charge in [0, 0.05) is 32.5 Å². The van der Waals surface area contributed by atoms with Crippen molar-refractivity contribution in [3.05, 3.63) is 48.5 Å². The molecule has 128 valence electrons. The standard InChI is InChI=1S/C17H22N4O3/c22-15-11-20(16(23)7-4-9-21-13-18-12-19-21)10-8-17(15,24)14-5-2-1-3-6-14/h1-3,5-6,12-13,15,22,24H,4,7-11H2/t15-,17-/m0/s1. The number of hydrogen-bond donors (Lipinski definition) is 2. The maximum Gasteiger partial charge on any atom is 0.222 e. The van der Waals surface area contributed by atoms with E-state index in [-0.39, 0.29) is 12.5 Å². The number of carbonyl (C=O) groups excluding carboxylic acids is 1. The zero-order valence-corrected chi connectivity index (χ0v) is 13.5. The normalized spacial score (nSPS) is 24.1. The van der Waals surface area contributed by atoms with Crippen molar-refractivity contribution in [3.8, 4) is 0 Å². The van der Waals surface area contributed by atoms with Gasteiger partial charge in [-0.2, -0.15) is 5.10 Å². The maximum atomic E-state index is 12.3. The third kappa shape index (κ3) is 3.47. The van der Waals surface area contributed by atoms with E-state index in [0.29, 0.717) is 37.9 Å². The van der Waals surface area contributed by atoms with Crippen molar-refractivity contribution in [2.24, 2.45) is 0 Å². The summed E-state index contributed by atoms with van der Waals surface area (Å²) in [5, 5.41) is 25.2. The summed E-state index contributed by atoms with van der Waals surface area (Å²) < 4.78 is 1.69. The zero-order chi connectivity index (χ0) is 17.0. The molecule has 1 fully saturated rings. The first kappa shape index (κ1) is 16.6. The topological polar surface area (TPSA) is 91.5 Å². The second-order valence-electron chi connectivity index (χ2n) is 6.16. The molecule has 1 aliphatic heterocycles. The molecule has 7 heteroatoms. The van der Waals surface area contributed by atoms with Crippen molar-refractivity contribution in [3.63, 3.8) is 0 Å². The van der Waals surface area contributed by atoms with Crippen LogP contribution in [0, 0.1) is 0 Å². The number of aliphatic hydroxyl groups excluding tert-OH is 1. The first-order chi connectivity index (χ1) is 11.6. The Bertz CT molecular complexity index is 662. The van der Waals surface area contributed by atoms with Crippen LogP contribution in [0.5, 0.6) is 0 Å². The number of aromatic nitrogens is 3.